The number of halogens is 3. The molecular formula is C21H22F3N5OS. The minimum Gasteiger partial charge on any atom is -0.497 e. The summed E-state index contributed by atoms with van der Waals surface area (Å²) in [5.41, 5.74) is 0.264. The Morgan fingerprint density at radius 1 is 1.06 bits per heavy atom. The van der Waals surface area contributed by atoms with Crippen LogP contribution in [0.1, 0.15) is 11.3 Å². The lowest BCUT2D eigenvalue weighted by atomic mass is 10.1. The van der Waals surface area contributed by atoms with Crippen LogP contribution in [-0.2, 0) is 6.42 Å². The number of methoxy groups -OCH3 is 1. The number of hydrogen-bond acceptors (Lipinski definition) is 7. The quantitative estimate of drug-likeness (QED) is 0.535. The molecular weight excluding hydrogens is 427 g/mol. The van der Waals surface area contributed by atoms with E-state index >= 15 is 0 Å². The van der Waals surface area contributed by atoms with Crippen LogP contribution in [0.3, 0.4) is 0 Å². The van der Waals surface area contributed by atoms with E-state index in [9.17, 15) is 13.2 Å². The molecule has 10 heteroatoms. The minimum atomic E-state index is -1.31. The van der Waals surface area contributed by atoms with Crippen LogP contribution in [0.4, 0.5) is 18.3 Å². The second kappa shape index (κ2) is 9.19. The normalized spacial score (nSPS) is 14.8. The van der Waals surface area contributed by atoms with E-state index in [1.165, 1.54) is 12.5 Å². The van der Waals surface area contributed by atoms with Gasteiger partial charge in [0.15, 0.2) is 17.5 Å². The van der Waals surface area contributed by atoms with Crippen molar-refractivity contribution in [2.75, 3.05) is 44.7 Å². The number of aryl methyl sites for hydroxylation is 1. The van der Waals surface area contributed by atoms with E-state index in [4.69, 9.17) is 4.74 Å². The fraction of sp³-hybridized carbons (Fsp3) is 0.381. The summed E-state index contributed by atoms with van der Waals surface area (Å²) >= 11 is 1.04. The van der Waals surface area contributed by atoms with Crippen molar-refractivity contribution in [1.82, 2.24) is 19.2 Å². The molecule has 0 N–H and O–H groups in total. The molecule has 1 aliphatic rings. The summed E-state index contributed by atoms with van der Waals surface area (Å²) < 4.78 is 51.5. The Kier molecular flexibility index (Phi) is 6.38. The van der Waals surface area contributed by atoms with Crippen LogP contribution in [0.15, 0.2) is 24.3 Å². The van der Waals surface area contributed by atoms with E-state index in [1.807, 2.05) is 23.1 Å². The van der Waals surface area contributed by atoms with Crippen molar-refractivity contribution in [2.24, 2.45) is 0 Å². The zero-order chi connectivity index (χ0) is 22.0. The molecule has 1 saturated heterocycles. The van der Waals surface area contributed by atoms with E-state index in [0.29, 0.717) is 5.13 Å². The van der Waals surface area contributed by atoms with Crippen molar-refractivity contribution in [1.29, 1.82) is 0 Å². The molecule has 1 aromatic carbocycles. The number of aromatic nitrogens is 3. The average Bonchev–Trinajstić information content (AvgIpc) is 3.26. The summed E-state index contributed by atoms with van der Waals surface area (Å²) in [5, 5.41) is 0.558. The largest absolute Gasteiger partial charge is 0.497 e. The van der Waals surface area contributed by atoms with Gasteiger partial charge in [0.2, 0.25) is 11.1 Å². The Balaban J connectivity index is 1.37. The van der Waals surface area contributed by atoms with Gasteiger partial charge < -0.3 is 9.64 Å². The summed E-state index contributed by atoms with van der Waals surface area (Å²) in [6.45, 7) is 5.24. The molecule has 0 spiro atoms. The number of anilines is 1. The van der Waals surface area contributed by atoms with Gasteiger partial charge in [-0.3, -0.25) is 4.90 Å². The molecule has 0 bridgehead atoms. The van der Waals surface area contributed by atoms with E-state index < -0.39 is 23.1 Å². The minimum absolute atomic E-state index is 0.179. The van der Waals surface area contributed by atoms with Gasteiger partial charge in [0.25, 0.3) is 0 Å². The Morgan fingerprint density at radius 3 is 2.58 bits per heavy atom. The van der Waals surface area contributed by atoms with E-state index in [-0.39, 0.29) is 11.5 Å². The average molecular weight is 450 g/mol. The molecule has 0 radical (unpaired) electrons. The molecule has 31 heavy (non-hydrogen) atoms. The first-order chi connectivity index (χ1) is 15.0. The third kappa shape index (κ3) is 4.64. The van der Waals surface area contributed by atoms with Crippen molar-refractivity contribution in [3.63, 3.8) is 0 Å². The third-order valence-corrected chi connectivity index (χ3v) is 6.11. The molecule has 3 aromatic rings. The Bertz CT molecular complexity index is 1070. The monoisotopic (exact) mass is 449 g/mol. The number of pyridine rings is 1. The zero-order valence-electron chi connectivity index (χ0n) is 17.2. The molecule has 4 rings (SSSR count). The maximum absolute atomic E-state index is 14.2. The van der Waals surface area contributed by atoms with Crippen LogP contribution >= 0.6 is 11.5 Å². The standard InChI is InChI=1S/C21H22F3N5OS/c1-13-17(22)18(23)16(19(24)25-13)20-26-21(31-27-20)29-10-8-28(9-11-29)7-6-14-4-3-5-15(12-14)30-2/h3-5,12H,6-11H2,1-2H3. The highest BCUT2D eigenvalue weighted by atomic mass is 32.1. The lowest BCUT2D eigenvalue weighted by molar-refractivity contribution is 0.261. The Labute approximate surface area is 182 Å². The maximum atomic E-state index is 14.2. The number of piperazine rings is 1. The van der Waals surface area contributed by atoms with E-state index in [0.717, 1.165) is 56.4 Å². The summed E-state index contributed by atoms with van der Waals surface area (Å²) in [6.07, 6.45) is 0.921. The molecule has 0 amide bonds. The third-order valence-electron chi connectivity index (χ3n) is 5.33. The van der Waals surface area contributed by atoms with Crippen molar-refractivity contribution < 1.29 is 17.9 Å². The lowest BCUT2D eigenvalue weighted by Gasteiger charge is -2.34. The van der Waals surface area contributed by atoms with Gasteiger partial charge in [0, 0.05) is 44.3 Å². The second-order valence-electron chi connectivity index (χ2n) is 7.32. The molecule has 0 atom stereocenters. The Morgan fingerprint density at radius 2 is 1.84 bits per heavy atom. The highest BCUT2D eigenvalue weighted by molar-refractivity contribution is 7.09. The topological polar surface area (TPSA) is 54.4 Å². The molecule has 6 nitrogen and oxygen atoms in total. The van der Waals surface area contributed by atoms with Gasteiger partial charge in [0.05, 0.1) is 12.8 Å². The van der Waals surface area contributed by atoms with Crippen LogP contribution in [-0.4, -0.2) is 59.1 Å². The fourth-order valence-electron chi connectivity index (χ4n) is 3.53. The molecule has 3 heterocycles. The summed E-state index contributed by atoms with van der Waals surface area (Å²) in [4.78, 5) is 12.0. The number of benzene rings is 1. The highest BCUT2D eigenvalue weighted by Crippen LogP contribution is 2.29. The van der Waals surface area contributed by atoms with E-state index in [1.54, 1.807) is 7.11 Å². The van der Waals surface area contributed by atoms with Crippen LogP contribution in [0, 0.1) is 24.5 Å². The van der Waals surface area contributed by atoms with Crippen LogP contribution < -0.4 is 9.64 Å². The molecule has 0 aliphatic carbocycles. The maximum Gasteiger partial charge on any atom is 0.227 e. The highest BCUT2D eigenvalue weighted by Gasteiger charge is 2.25. The van der Waals surface area contributed by atoms with Crippen LogP contribution in [0.2, 0.25) is 0 Å². The fourth-order valence-corrected chi connectivity index (χ4v) is 4.25. The number of hydrogen-bond donors (Lipinski definition) is 0. The van der Waals surface area contributed by atoms with Gasteiger partial charge in [-0.15, -0.1) is 0 Å². The van der Waals surface area contributed by atoms with Crippen molar-refractivity contribution in [2.45, 2.75) is 13.3 Å². The predicted octanol–water partition coefficient (Wildman–Crippen LogP) is 3.70. The smallest absolute Gasteiger partial charge is 0.227 e. The van der Waals surface area contributed by atoms with E-state index in [2.05, 4.69) is 25.3 Å². The Hall–Kier alpha value is -2.72. The number of rotatable bonds is 6. The number of nitrogens with zero attached hydrogens (tertiary/aromatic N) is 5. The van der Waals surface area contributed by atoms with Gasteiger partial charge in [-0.2, -0.15) is 13.7 Å². The van der Waals surface area contributed by atoms with Crippen LogP contribution in [0.25, 0.3) is 11.4 Å². The van der Waals surface area contributed by atoms with Crippen LogP contribution in [0.5, 0.6) is 5.75 Å². The van der Waals surface area contributed by atoms with Gasteiger partial charge in [0.1, 0.15) is 11.3 Å². The van der Waals surface area contributed by atoms with Gasteiger partial charge in [-0.05, 0) is 31.0 Å². The van der Waals surface area contributed by atoms with Gasteiger partial charge >= 0.3 is 0 Å². The molecule has 2 aromatic heterocycles. The SMILES string of the molecule is COc1cccc(CCN2CCN(c3nc(-c4c(F)nc(C)c(F)c4F)ns3)CC2)c1. The summed E-state index contributed by atoms with van der Waals surface area (Å²) in [7, 11) is 1.66. The molecule has 0 saturated carbocycles. The van der Waals surface area contributed by atoms with Crippen molar-refractivity contribution >= 4 is 16.7 Å². The first kappa shape index (κ1) is 21.5. The lowest BCUT2D eigenvalue weighted by Crippen LogP contribution is -2.47. The van der Waals surface area contributed by atoms with Gasteiger partial charge in [-0.25, -0.2) is 13.8 Å². The number of ether oxygens (including phenoxy) is 1. The first-order valence-electron chi connectivity index (χ1n) is 9.91. The molecule has 0 unspecified atom stereocenters. The summed E-state index contributed by atoms with van der Waals surface area (Å²) in [6, 6.07) is 8.04. The van der Waals surface area contributed by atoms with Crippen molar-refractivity contribution in [3.8, 4) is 17.1 Å². The predicted molar refractivity (Wildman–Crippen MR) is 113 cm³/mol. The first-order valence-corrected chi connectivity index (χ1v) is 10.7. The zero-order valence-corrected chi connectivity index (χ0v) is 18.1. The molecule has 1 aliphatic heterocycles. The second-order valence-corrected chi connectivity index (χ2v) is 8.05. The molecule has 1 fully saturated rings. The molecule has 164 valence electrons. The summed E-state index contributed by atoms with van der Waals surface area (Å²) in [5.74, 6) is -2.93. The van der Waals surface area contributed by atoms with Crippen molar-refractivity contribution in [3.05, 3.63) is 53.1 Å². The van der Waals surface area contributed by atoms with Gasteiger partial charge in [-0.1, -0.05) is 12.1 Å².